The van der Waals surface area contributed by atoms with Crippen LogP contribution in [0.25, 0.3) is 21.7 Å². The van der Waals surface area contributed by atoms with Crippen LogP contribution in [0.3, 0.4) is 0 Å². The van der Waals surface area contributed by atoms with E-state index >= 15 is 0 Å². The van der Waals surface area contributed by atoms with Gasteiger partial charge >= 0.3 is 0 Å². The predicted octanol–water partition coefficient (Wildman–Crippen LogP) is 4.59. The molecule has 0 amide bonds. The first-order chi connectivity index (χ1) is 12.8. The molecule has 0 aliphatic heterocycles. The highest BCUT2D eigenvalue weighted by molar-refractivity contribution is 7.98. The van der Waals surface area contributed by atoms with Crippen LogP contribution in [0.5, 0.6) is 0 Å². The molecule has 0 aliphatic carbocycles. The maximum absolute atomic E-state index is 12.7. The van der Waals surface area contributed by atoms with Crippen molar-refractivity contribution in [3.8, 4) is 10.8 Å². The number of thiazole rings is 1. The van der Waals surface area contributed by atoms with Gasteiger partial charge in [-0.05, 0) is 24.3 Å². The van der Waals surface area contributed by atoms with E-state index in [-0.39, 0.29) is 5.56 Å². The van der Waals surface area contributed by atoms with Crippen LogP contribution in [-0.4, -0.2) is 14.5 Å². The van der Waals surface area contributed by atoms with E-state index in [9.17, 15) is 4.79 Å². The Balaban J connectivity index is 1.63. The standard InChI is InChI=1S/C19H15N3O2S2/c1-2-9-22-18(23)14-6-3-4-7-15(14)21-19(22)26-12-13-11-25-17(20-13)16-8-5-10-24-16/h2-8,10-11H,1,9,12H2. The van der Waals surface area contributed by atoms with Gasteiger partial charge in [-0.25, -0.2) is 9.97 Å². The average Bonchev–Trinajstić information content (AvgIpc) is 3.34. The van der Waals surface area contributed by atoms with Crippen molar-refractivity contribution >= 4 is 34.0 Å². The molecule has 0 spiro atoms. The number of hydrogen-bond acceptors (Lipinski definition) is 6. The van der Waals surface area contributed by atoms with E-state index in [2.05, 4.69) is 16.5 Å². The van der Waals surface area contributed by atoms with Crippen molar-refractivity contribution in [2.75, 3.05) is 0 Å². The molecule has 0 N–H and O–H groups in total. The van der Waals surface area contributed by atoms with Gasteiger partial charge in [-0.15, -0.1) is 17.9 Å². The van der Waals surface area contributed by atoms with Crippen molar-refractivity contribution in [3.05, 3.63) is 76.7 Å². The third kappa shape index (κ3) is 3.23. The summed E-state index contributed by atoms with van der Waals surface area (Å²) in [5.74, 6) is 1.39. The minimum absolute atomic E-state index is 0.0486. The number of fused-ring (bicyclic) bond motifs is 1. The molecule has 4 aromatic rings. The van der Waals surface area contributed by atoms with Crippen LogP contribution in [-0.2, 0) is 12.3 Å². The summed E-state index contributed by atoms with van der Waals surface area (Å²) in [5.41, 5.74) is 1.58. The Morgan fingerprint density at radius 1 is 1.23 bits per heavy atom. The van der Waals surface area contributed by atoms with Gasteiger partial charge in [0.05, 0.1) is 22.9 Å². The third-order valence-corrected chi connectivity index (χ3v) is 5.69. The van der Waals surface area contributed by atoms with Gasteiger partial charge in [0.15, 0.2) is 15.9 Å². The van der Waals surface area contributed by atoms with Crippen LogP contribution in [0.4, 0.5) is 0 Å². The molecule has 0 saturated heterocycles. The van der Waals surface area contributed by atoms with Gasteiger partial charge in [0.25, 0.3) is 5.56 Å². The van der Waals surface area contributed by atoms with Crippen LogP contribution in [0, 0.1) is 0 Å². The summed E-state index contributed by atoms with van der Waals surface area (Å²) in [6, 6.07) is 11.1. The second kappa shape index (κ2) is 7.31. The fourth-order valence-electron chi connectivity index (χ4n) is 2.57. The fourth-order valence-corrected chi connectivity index (χ4v) is 4.37. The van der Waals surface area contributed by atoms with Gasteiger partial charge in [-0.3, -0.25) is 9.36 Å². The minimum atomic E-state index is -0.0486. The lowest BCUT2D eigenvalue weighted by molar-refractivity contribution is 0.581. The number of benzene rings is 1. The monoisotopic (exact) mass is 381 g/mol. The van der Waals surface area contributed by atoms with Gasteiger partial charge < -0.3 is 4.42 Å². The molecule has 3 heterocycles. The highest BCUT2D eigenvalue weighted by Crippen LogP contribution is 2.27. The summed E-state index contributed by atoms with van der Waals surface area (Å²) in [6.07, 6.45) is 3.35. The second-order valence-electron chi connectivity index (χ2n) is 5.53. The van der Waals surface area contributed by atoms with Crippen LogP contribution in [0.1, 0.15) is 5.69 Å². The van der Waals surface area contributed by atoms with Crippen LogP contribution in [0.15, 0.2) is 75.1 Å². The molecular formula is C19H15N3O2S2. The highest BCUT2D eigenvalue weighted by atomic mass is 32.2. The number of nitrogens with zero attached hydrogens (tertiary/aromatic N) is 3. The Labute approximate surface area is 158 Å². The van der Waals surface area contributed by atoms with Gasteiger partial charge in [0.2, 0.25) is 0 Å². The summed E-state index contributed by atoms with van der Waals surface area (Å²) in [4.78, 5) is 22.0. The Bertz CT molecular complexity index is 1110. The molecule has 5 nitrogen and oxygen atoms in total. The molecule has 0 saturated carbocycles. The van der Waals surface area contributed by atoms with Gasteiger partial charge in [0, 0.05) is 17.7 Å². The van der Waals surface area contributed by atoms with Crippen LogP contribution >= 0.6 is 23.1 Å². The van der Waals surface area contributed by atoms with Crippen molar-refractivity contribution in [2.45, 2.75) is 17.5 Å². The largest absolute Gasteiger partial charge is 0.462 e. The smallest absolute Gasteiger partial charge is 0.262 e. The molecule has 4 rings (SSSR count). The van der Waals surface area contributed by atoms with Crippen LogP contribution in [0.2, 0.25) is 0 Å². The first-order valence-electron chi connectivity index (χ1n) is 7.98. The summed E-state index contributed by atoms with van der Waals surface area (Å²) in [6.45, 7) is 4.17. The summed E-state index contributed by atoms with van der Waals surface area (Å²) >= 11 is 3.04. The molecule has 0 aliphatic rings. The van der Waals surface area contributed by atoms with Crippen molar-refractivity contribution in [3.63, 3.8) is 0 Å². The Kier molecular flexibility index (Phi) is 4.73. The van der Waals surface area contributed by atoms with Gasteiger partial charge in [-0.1, -0.05) is 30.0 Å². The maximum Gasteiger partial charge on any atom is 0.262 e. The zero-order valence-electron chi connectivity index (χ0n) is 13.8. The third-order valence-electron chi connectivity index (χ3n) is 3.77. The molecule has 26 heavy (non-hydrogen) atoms. The SMILES string of the molecule is C=CCn1c(SCc2csc(-c3ccco3)n2)nc2ccccc2c1=O. The molecule has 3 aromatic heterocycles. The zero-order chi connectivity index (χ0) is 17.9. The van der Waals surface area contributed by atoms with Crippen molar-refractivity contribution in [1.82, 2.24) is 14.5 Å². The van der Waals surface area contributed by atoms with E-state index in [1.165, 1.54) is 23.1 Å². The van der Waals surface area contributed by atoms with E-state index in [1.807, 2.05) is 35.7 Å². The van der Waals surface area contributed by atoms with Crippen molar-refractivity contribution in [1.29, 1.82) is 0 Å². The summed E-state index contributed by atoms with van der Waals surface area (Å²) < 4.78 is 7.04. The number of hydrogen-bond donors (Lipinski definition) is 0. The molecule has 0 atom stereocenters. The Hall–Kier alpha value is -2.64. The normalized spacial score (nSPS) is 11.1. The summed E-state index contributed by atoms with van der Waals surface area (Å²) in [5, 5.41) is 4.14. The minimum Gasteiger partial charge on any atom is -0.462 e. The van der Waals surface area contributed by atoms with Crippen molar-refractivity contribution < 1.29 is 4.42 Å². The predicted molar refractivity (Wildman–Crippen MR) is 106 cm³/mol. The first kappa shape index (κ1) is 16.8. The second-order valence-corrected chi connectivity index (χ2v) is 7.33. The number of allylic oxidation sites excluding steroid dienone is 1. The average molecular weight is 381 g/mol. The number of furan rings is 1. The molecular weight excluding hydrogens is 366 g/mol. The van der Waals surface area contributed by atoms with Crippen LogP contribution < -0.4 is 5.56 Å². The van der Waals surface area contributed by atoms with E-state index in [0.717, 1.165) is 16.5 Å². The highest BCUT2D eigenvalue weighted by Gasteiger charge is 2.12. The Morgan fingerprint density at radius 3 is 2.92 bits per heavy atom. The maximum atomic E-state index is 12.7. The van der Waals surface area contributed by atoms with E-state index < -0.39 is 0 Å². The summed E-state index contributed by atoms with van der Waals surface area (Å²) in [7, 11) is 0. The first-order valence-corrected chi connectivity index (χ1v) is 9.84. The number of para-hydroxylation sites is 1. The quantitative estimate of drug-likeness (QED) is 0.278. The molecule has 130 valence electrons. The number of thioether (sulfide) groups is 1. The lowest BCUT2D eigenvalue weighted by Gasteiger charge is -2.10. The number of aromatic nitrogens is 3. The molecule has 7 heteroatoms. The molecule has 0 bridgehead atoms. The zero-order valence-corrected chi connectivity index (χ0v) is 15.4. The fraction of sp³-hybridized carbons (Fsp3) is 0.105. The van der Waals surface area contributed by atoms with Gasteiger partial charge in [0.1, 0.15) is 0 Å². The molecule has 0 fully saturated rings. The van der Waals surface area contributed by atoms with Gasteiger partial charge in [-0.2, -0.15) is 0 Å². The number of rotatable bonds is 6. The molecule has 0 radical (unpaired) electrons. The molecule has 1 aromatic carbocycles. The van der Waals surface area contributed by atoms with Crippen molar-refractivity contribution in [2.24, 2.45) is 0 Å². The van der Waals surface area contributed by atoms with E-state index in [1.54, 1.807) is 23.0 Å². The Morgan fingerprint density at radius 2 is 2.12 bits per heavy atom. The van der Waals surface area contributed by atoms with E-state index in [0.29, 0.717) is 28.4 Å². The molecule has 0 unspecified atom stereocenters. The topological polar surface area (TPSA) is 60.9 Å². The van der Waals surface area contributed by atoms with E-state index in [4.69, 9.17) is 4.42 Å². The lowest BCUT2D eigenvalue weighted by atomic mass is 10.2. The lowest BCUT2D eigenvalue weighted by Crippen LogP contribution is -2.22.